The van der Waals surface area contributed by atoms with Crippen LogP contribution in [-0.4, -0.2) is 23.5 Å². The minimum absolute atomic E-state index is 0.123. The van der Waals surface area contributed by atoms with Crippen LogP contribution in [0.5, 0.6) is 0 Å². The molecular formula is C13H21NO3. The molecule has 0 radical (unpaired) electrons. The lowest BCUT2D eigenvalue weighted by Gasteiger charge is -2.24. The van der Waals surface area contributed by atoms with Gasteiger partial charge in [-0.3, -0.25) is 9.59 Å². The van der Waals surface area contributed by atoms with Crippen LogP contribution in [0.25, 0.3) is 0 Å². The molecule has 17 heavy (non-hydrogen) atoms. The van der Waals surface area contributed by atoms with Gasteiger partial charge in [-0.1, -0.05) is 26.0 Å². The van der Waals surface area contributed by atoms with Crippen molar-refractivity contribution in [3.05, 3.63) is 12.2 Å². The summed E-state index contributed by atoms with van der Waals surface area (Å²) < 4.78 is 0. The van der Waals surface area contributed by atoms with Crippen molar-refractivity contribution < 1.29 is 14.7 Å². The zero-order valence-electron chi connectivity index (χ0n) is 10.5. The molecule has 2 N–H and O–H groups in total. The summed E-state index contributed by atoms with van der Waals surface area (Å²) in [5, 5.41) is 11.9. The number of carboxylic acid groups (broad SMARTS) is 1. The minimum Gasteiger partial charge on any atom is -0.481 e. The van der Waals surface area contributed by atoms with E-state index in [1.54, 1.807) is 0 Å². The Morgan fingerprint density at radius 1 is 1.29 bits per heavy atom. The Morgan fingerprint density at radius 2 is 1.88 bits per heavy atom. The van der Waals surface area contributed by atoms with E-state index in [4.69, 9.17) is 5.11 Å². The molecule has 1 aliphatic rings. The summed E-state index contributed by atoms with van der Waals surface area (Å²) in [6, 6.07) is 0. The topological polar surface area (TPSA) is 66.4 Å². The number of hydrogen-bond donors (Lipinski definition) is 2. The van der Waals surface area contributed by atoms with Gasteiger partial charge in [0.15, 0.2) is 0 Å². The standard InChI is InChI=1S/C13H21NO3/c1-9(2)7-8-14-12(15)10-5-3-4-6-11(10)13(16)17/h3-4,9-11H,5-8H2,1-2H3,(H,14,15)(H,16,17)/t10-,11+/m1/s1. The molecule has 0 heterocycles. The number of nitrogens with one attached hydrogen (secondary N) is 1. The monoisotopic (exact) mass is 239 g/mol. The molecule has 0 fully saturated rings. The average Bonchev–Trinajstić information content (AvgIpc) is 2.28. The van der Waals surface area contributed by atoms with E-state index >= 15 is 0 Å². The second-order valence-electron chi connectivity index (χ2n) is 4.97. The van der Waals surface area contributed by atoms with Crippen LogP contribution in [0, 0.1) is 17.8 Å². The summed E-state index contributed by atoms with van der Waals surface area (Å²) in [4.78, 5) is 22.9. The molecule has 96 valence electrons. The third kappa shape index (κ3) is 4.21. The van der Waals surface area contributed by atoms with Crippen LogP contribution in [0.2, 0.25) is 0 Å². The van der Waals surface area contributed by atoms with Gasteiger partial charge in [0.1, 0.15) is 0 Å². The van der Waals surface area contributed by atoms with Crippen molar-refractivity contribution in [3.8, 4) is 0 Å². The van der Waals surface area contributed by atoms with Crippen LogP contribution >= 0.6 is 0 Å². The van der Waals surface area contributed by atoms with Gasteiger partial charge in [0.05, 0.1) is 11.8 Å². The van der Waals surface area contributed by atoms with Crippen LogP contribution < -0.4 is 5.32 Å². The first-order valence-electron chi connectivity index (χ1n) is 6.18. The lowest BCUT2D eigenvalue weighted by Crippen LogP contribution is -2.39. The first kappa shape index (κ1) is 13.7. The van der Waals surface area contributed by atoms with Crippen molar-refractivity contribution in [2.45, 2.75) is 33.1 Å². The number of carbonyl (C=O) groups excluding carboxylic acids is 1. The van der Waals surface area contributed by atoms with Gasteiger partial charge in [0.25, 0.3) is 0 Å². The Bertz CT molecular complexity index is 310. The number of rotatable bonds is 5. The summed E-state index contributed by atoms with van der Waals surface area (Å²) in [6.07, 6.45) is 5.65. The Labute approximate surface area is 102 Å². The van der Waals surface area contributed by atoms with E-state index in [0.717, 1.165) is 6.42 Å². The predicted molar refractivity (Wildman–Crippen MR) is 65.5 cm³/mol. The van der Waals surface area contributed by atoms with Gasteiger partial charge < -0.3 is 10.4 Å². The molecule has 1 aliphatic carbocycles. The van der Waals surface area contributed by atoms with Gasteiger partial charge in [-0.15, -0.1) is 0 Å². The van der Waals surface area contributed by atoms with Crippen LogP contribution in [0.3, 0.4) is 0 Å². The summed E-state index contributed by atoms with van der Waals surface area (Å²) in [7, 11) is 0. The fourth-order valence-corrected chi connectivity index (χ4v) is 1.99. The number of carboxylic acids is 1. The van der Waals surface area contributed by atoms with Crippen molar-refractivity contribution >= 4 is 11.9 Å². The van der Waals surface area contributed by atoms with Gasteiger partial charge >= 0.3 is 5.97 Å². The van der Waals surface area contributed by atoms with Gasteiger partial charge in [-0.25, -0.2) is 0 Å². The van der Waals surface area contributed by atoms with Crippen LogP contribution in [0.1, 0.15) is 33.1 Å². The van der Waals surface area contributed by atoms with E-state index in [1.807, 2.05) is 12.2 Å². The molecule has 0 aromatic heterocycles. The van der Waals surface area contributed by atoms with E-state index < -0.39 is 17.8 Å². The average molecular weight is 239 g/mol. The fraction of sp³-hybridized carbons (Fsp3) is 0.692. The number of carbonyl (C=O) groups is 2. The molecular weight excluding hydrogens is 218 g/mol. The maximum absolute atomic E-state index is 11.9. The van der Waals surface area contributed by atoms with E-state index in [0.29, 0.717) is 25.3 Å². The highest BCUT2D eigenvalue weighted by molar-refractivity contribution is 5.85. The quantitative estimate of drug-likeness (QED) is 0.719. The third-order valence-corrected chi connectivity index (χ3v) is 3.11. The van der Waals surface area contributed by atoms with Crippen molar-refractivity contribution in [3.63, 3.8) is 0 Å². The molecule has 0 aliphatic heterocycles. The number of amides is 1. The second-order valence-corrected chi connectivity index (χ2v) is 4.97. The first-order valence-corrected chi connectivity index (χ1v) is 6.18. The zero-order chi connectivity index (χ0) is 12.8. The zero-order valence-corrected chi connectivity index (χ0v) is 10.5. The van der Waals surface area contributed by atoms with Crippen molar-refractivity contribution in [2.75, 3.05) is 6.54 Å². The summed E-state index contributed by atoms with van der Waals surface area (Å²) in [5.41, 5.74) is 0. The third-order valence-electron chi connectivity index (χ3n) is 3.11. The number of hydrogen-bond acceptors (Lipinski definition) is 2. The summed E-state index contributed by atoms with van der Waals surface area (Å²) >= 11 is 0. The summed E-state index contributed by atoms with van der Waals surface area (Å²) in [6.45, 7) is 4.81. The maximum atomic E-state index is 11.9. The molecule has 4 heteroatoms. The highest BCUT2D eigenvalue weighted by atomic mass is 16.4. The molecule has 0 unspecified atom stereocenters. The van der Waals surface area contributed by atoms with E-state index in [-0.39, 0.29) is 5.91 Å². The molecule has 0 bridgehead atoms. The molecule has 0 aromatic carbocycles. The van der Waals surface area contributed by atoms with Crippen molar-refractivity contribution in [1.29, 1.82) is 0 Å². The second kappa shape index (κ2) is 6.42. The Balaban J connectivity index is 2.48. The SMILES string of the molecule is CC(C)CCNC(=O)[C@@H]1CC=CC[C@@H]1C(=O)O. The van der Waals surface area contributed by atoms with Gasteiger partial charge in [0, 0.05) is 6.54 Å². The summed E-state index contributed by atoms with van der Waals surface area (Å²) in [5.74, 6) is -1.44. The highest BCUT2D eigenvalue weighted by Crippen LogP contribution is 2.25. The van der Waals surface area contributed by atoms with Gasteiger partial charge in [-0.05, 0) is 25.2 Å². The van der Waals surface area contributed by atoms with Gasteiger partial charge in [0.2, 0.25) is 5.91 Å². The van der Waals surface area contributed by atoms with E-state index in [2.05, 4.69) is 19.2 Å². The highest BCUT2D eigenvalue weighted by Gasteiger charge is 2.33. The molecule has 2 atom stereocenters. The predicted octanol–water partition coefficient (Wildman–Crippen LogP) is 1.82. The molecule has 0 saturated heterocycles. The normalized spacial score (nSPS) is 23.7. The van der Waals surface area contributed by atoms with Crippen molar-refractivity contribution in [1.82, 2.24) is 5.32 Å². The van der Waals surface area contributed by atoms with E-state index in [1.165, 1.54) is 0 Å². The number of allylic oxidation sites excluding steroid dienone is 2. The molecule has 1 rings (SSSR count). The molecule has 0 saturated carbocycles. The fourth-order valence-electron chi connectivity index (χ4n) is 1.99. The van der Waals surface area contributed by atoms with Crippen LogP contribution in [-0.2, 0) is 9.59 Å². The van der Waals surface area contributed by atoms with Crippen LogP contribution in [0.15, 0.2) is 12.2 Å². The minimum atomic E-state index is -0.877. The molecule has 0 aromatic rings. The Kier molecular flexibility index (Phi) is 5.19. The van der Waals surface area contributed by atoms with E-state index in [9.17, 15) is 9.59 Å². The number of aliphatic carboxylic acids is 1. The van der Waals surface area contributed by atoms with Gasteiger partial charge in [-0.2, -0.15) is 0 Å². The first-order chi connectivity index (χ1) is 8.02. The lowest BCUT2D eigenvalue weighted by molar-refractivity contribution is -0.147. The maximum Gasteiger partial charge on any atom is 0.307 e. The molecule has 4 nitrogen and oxygen atoms in total. The largest absolute Gasteiger partial charge is 0.481 e. The van der Waals surface area contributed by atoms with Crippen molar-refractivity contribution in [2.24, 2.45) is 17.8 Å². The lowest BCUT2D eigenvalue weighted by atomic mass is 9.82. The Hall–Kier alpha value is -1.32. The van der Waals surface area contributed by atoms with Crippen LogP contribution in [0.4, 0.5) is 0 Å². The molecule has 0 spiro atoms. The Morgan fingerprint density at radius 3 is 2.41 bits per heavy atom. The molecule has 1 amide bonds. The smallest absolute Gasteiger partial charge is 0.307 e.